The molecule has 0 bridgehead atoms. The van der Waals surface area contributed by atoms with Crippen LogP contribution in [0.5, 0.6) is 0 Å². The highest BCUT2D eigenvalue weighted by Gasteiger charge is 2.58. The summed E-state index contributed by atoms with van der Waals surface area (Å²) in [6.45, 7) is 8.09. The molecule has 1 saturated carbocycles. The van der Waals surface area contributed by atoms with Crippen molar-refractivity contribution in [3.05, 3.63) is 10.8 Å². The first-order chi connectivity index (χ1) is 7.47. The maximum absolute atomic E-state index is 5.87. The van der Waals surface area contributed by atoms with Crippen LogP contribution in [-0.4, -0.2) is 34.5 Å². The third-order valence-electron chi connectivity index (χ3n) is 4.25. The first-order valence-corrected chi connectivity index (χ1v) is 9.75. The van der Waals surface area contributed by atoms with Crippen LogP contribution in [-0.2, 0) is 9.47 Å². The topological polar surface area (TPSA) is 18.5 Å². The second-order valence-electron chi connectivity index (χ2n) is 6.11. The number of fused-ring (bicyclic) bond motifs is 1. The summed E-state index contributed by atoms with van der Waals surface area (Å²) in [6.07, 6.45) is 3.82. The summed E-state index contributed by atoms with van der Waals surface area (Å²) in [6, 6.07) is 0. The van der Waals surface area contributed by atoms with Crippen LogP contribution in [0.3, 0.4) is 0 Å². The van der Waals surface area contributed by atoms with E-state index >= 15 is 0 Å². The molecule has 2 aliphatic rings. The van der Waals surface area contributed by atoms with Gasteiger partial charge in [-0.2, -0.15) is 0 Å². The fourth-order valence-corrected chi connectivity index (χ4v) is 6.37. The van der Waals surface area contributed by atoms with Gasteiger partial charge in [0, 0.05) is 20.1 Å². The van der Waals surface area contributed by atoms with E-state index in [1.807, 2.05) is 7.11 Å². The van der Waals surface area contributed by atoms with Crippen LogP contribution in [0.1, 0.15) is 19.3 Å². The number of hydrogen-bond donors (Lipinski definition) is 0. The quantitative estimate of drug-likeness (QED) is 0.703. The van der Waals surface area contributed by atoms with Crippen molar-refractivity contribution < 1.29 is 9.47 Å². The average Bonchev–Trinajstić information content (AvgIpc) is 2.52. The van der Waals surface area contributed by atoms with Crippen LogP contribution in [0.15, 0.2) is 10.8 Å². The zero-order valence-electron chi connectivity index (χ0n) is 11.2. The molecule has 0 aliphatic heterocycles. The van der Waals surface area contributed by atoms with Gasteiger partial charge in [0.15, 0.2) is 0 Å². The van der Waals surface area contributed by atoms with E-state index in [0.29, 0.717) is 5.92 Å². The lowest BCUT2D eigenvalue weighted by molar-refractivity contribution is -0.0300. The van der Waals surface area contributed by atoms with Crippen LogP contribution < -0.4 is 0 Å². The third kappa shape index (κ3) is 1.52. The van der Waals surface area contributed by atoms with Crippen molar-refractivity contribution in [2.45, 2.75) is 44.5 Å². The molecule has 0 amide bonds. The second-order valence-corrected chi connectivity index (χ2v) is 11.2. The van der Waals surface area contributed by atoms with E-state index in [2.05, 4.69) is 19.6 Å². The Hall–Kier alpha value is -0.123. The van der Waals surface area contributed by atoms with Crippen LogP contribution in [0.2, 0.25) is 19.6 Å². The monoisotopic (exact) mass is 240 g/mol. The van der Waals surface area contributed by atoms with Gasteiger partial charge in [0.25, 0.3) is 0 Å². The molecule has 0 radical (unpaired) electrons. The molecule has 1 fully saturated rings. The molecule has 0 aromatic heterocycles. The smallest absolute Gasteiger partial charge is 0.0970 e. The molecule has 2 nitrogen and oxygen atoms in total. The molecule has 0 spiro atoms. The maximum Gasteiger partial charge on any atom is 0.0970 e. The molecule has 0 heterocycles. The Morgan fingerprint density at radius 1 is 1.31 bits per heavy atom. The van der Waals surface area contributed by atoms with E-state index in [4.69, 9.17) is 9.47 Å². The summed E-state index contributed by atoms with van der Waals surface area (Å²) in [5.74, 6) is 0.703. The van der Waals surface area contributed by atoms with Gasteiger partial charge in [0.1, 0.15) is 0 Å². The van der Waals surface area contributed by atoms with Gasteiger partial charge < -0.3 is 9.47 Å². The van der Waals surface area contributed by atoms with Gasteiger partial charge >= 0.3 is 0 Å². The Balaban J connectivity index is 2.39. The Morgan fingerprint density at radius 2 is 2.00 bits per heavy atom. The van der Waals surface area contributed by atoms with Crippen molar-refractivity contribution >= 4 is 8.07 Å². The molecular formula is C13H24O2Si. The van der Waals surface area contributed by atoms with Crippen molar-refractivity contribution in [2.24, 2.45) is 5.92 Å². The van der Waals surface area contributed by atoms with Gasteiger partial charge in [-0.25, -0.2) is 0 Å². The van der Waals surface area contributed by atoms with E-state index in [1.165, 1.54) is 24.8 Å². The summed E-state index contributed by atoms with van der Waals surface area (Å²) >= 11 is 0. The largest absolute Gasteiger partial charge is 0.380 e. The van der Waals surface area contributed by atoms with Crippen molar-refractivity contribution in [1.82, 2.24) is 0 Å². The maximum atomic E-state index is 5.87. The summed E-state index contributed by atoms with van der Waals surface area (Å²) in [4.78, 5) is 0. The van der Waals surface area contributed by atoms with Crippen molar-refractivity contribution in [1.29, 1.82) is 0 Å². The lowest BCUT2D eigenvalue weighted by atomic mass is 9.72. The molecule has 16 heavy (non-hydrogen) atoms. The molecule has 92 valence electrons. The minimum absolute atomic E-state index is 0.0611. The highest BCUT2D eigenvalue weighted by Crippen LogP contribution is 2.58. The van der Waals surface area contributed by atoms with Crippen LogP contribution >= 0.6 is 0 Å². The zero-order chi connectivity index (χ0) is 12.0. The molecule has 0 N–H and O–H groups in total. The summed E-state index contributed by atoms with van der Waals surface area (Å²) in [5, 5.41) is 1.73. The molecule has 0 aromatic carbocycles. The molecule has 2 aliphatic carbocycles. The minimum atomic E-state index is -1.20. The first-order valence-electron chi connectivity index (χ1n) is 6.25. The molecular weight excluding hydrogens is 216 g/mol. The van der Waals surface area contributed by atoms with Crippen LogP contribution in [0.25, 0.3) is 0 Å². The zero-order valence-corrected chi connectivity index (χ0v) is 12.2. The third-order valence-corrected chi connectivity index (χ3v) is 6.52. The van der Waals surface area contributed by atoms with E-state index in [0.717, 1.165) is 6.61 Å². The highest BCUT2D eigenvalue weighted by molar-refractivity contribution is 6.83. The summed E-state index contributed by atoms with van der Waals surface area (Å²) in [5.41, 5.74) is 1.55. The normalized spacial score (nSPS) is 33.9. The lowest BCUT2D eigenvalue weighted by Gasteiger charge is -2.52. The summed E-state index contributed by atoms with van der Waals surface area (Å²) < 4.78 is 11.3. The lowest BCUT2D eigenvalue weighted by Crippen LogP contribution is -2.55. The number of rotatable bonds is 4. The van der Waals surface area contributed by atoms with Gasteiger partial charge in [0.05, 0.1) is 20.3 Å². The number of methoxy groups -OCH3 is 2. The van der Waals surface area contributed by atoms with Crippen molar-refractivity contribution in [3.8, 4) is 0 Å². The minimum Gasteiger partial charge on any atom is -0.380 e. The van der Waals surface area contributed by atoms with E-state index in [-0.39, 0.29) is 5.60 Å². The molecule has 0 saturated heterocycles. The fourth-order valence-electron chi connectivity index (χ4n) is 3.76. The number of hydrogen-bond acceptors (Lipinski definition) is 2. The van der Waals surface area contributed by atoms with Crippen LogP contribution in [0.4, 0.5) is 0 Å². The Labute approximate surface area is 100 Å². The Morgan fingerprint density at radius 3 is 2.50 bits per heavy atom. The Kier molecular flexibility index (Phi) is 3.06. The molecule has 2 rings (SSSR count). The van der Waals surface area contributed by atoms with E-state index < -0.39 is 8.07 Å². The molecule has 2 unspecified atom stereocenters. The van der Waals surface area contributed by atoms with Crippen molar-refractivity contribution in [3.63, 3.8) is 0 Å². The molecule has 3 heteroatoms. The highest BCUT2D eigenvalue weighted by atomic mass is 28.3. The van der Waals surface area contributed by atoms with Gasteiger partial charge in [0.2, 0.25) is 0 Å². The summed E-state index contributed by atoms with van der Waals surface area (Å²) in [7, 11) is 2.46. The SMILES string of the molecule is COCC1=C([Si](C)(C)C)C2CCCC12OC. The van der Waals surface area contributed by atoms with Crippen LogP contribution in [0, 0.1) is 5.92 Å². The van der Waals surface area contributed by atoms with Gasteiger partial charge in [-0.3, -0.25) is 0 Å². The predicted octanol–water partition coefficient (Wildman–Crippen LogP) is 3.01. The molecule has 0 aromatic rings. The van der Waals surface area contributed by atoms with Crippen molar-refractivity contribution in [2.75, 3.05) is 20.8 Å². The number of ether oxygens (including phenoxy) is 2. The first kappa shape index (κ1) is 12.3. The van der Waals surface area contributed by atoms with E-state index in [1.54, 1.807) is 12.3 Å². The van der Waals surface area contributed by atoms with E-state index in [9.17, 15) is 0 Å². The predicted molar refractivity (Wildman–Crippen MR) is 69.3 cm³/mol. The Bertz CT molecular complexity index is 316. The van der Waals surface area contributed by atoms with Gasteiger partial charge in [-0.05, 0) is 24.8 Å². The second kappa shape index (κ2) is 3.97. The van der Waals surface area contributed by atoms with Gasteiger partial charge in [-0.1, -0.05) is 24.8 Å². The molecule has 2 atom stereocenters. The average molecular weight is 240 g/mol. The standard InChI is InChI=1S/C13H24O2Si/c1-14-9-11-12(16(3,4)5)10-7-6-8-13(10,11)15-2/h10H,6-9H2,1-5H3. The van der Waals surface area contributed by atoms with Gasteiger partial charge in [-0.15, -0.1) is 0 Å². The fraction of sp³-hybridized carbons (Fsp3) is 0.846.